The van der Waals surface area contributed by atoms with Crippen LogP contribution in [0.2, 0.25) is 0 Å². The molecule has 2 atom stereocenters. The molecule has 2 aromatic rings. The maximum Gasteiger partial charge on any atom is 0.393 e. The third-order valence-electron chi connectivity index (χ3n) is 4.75. The molecule has 1 aliphatic heterocycles. The first-order chi connectivity index (χ1) is 12.8. The molecule has 1 saturated heterocycles. The van der Waals surface area contributed by atoms with Crippen molar-refractivity contribution in [2.75, 3.05) is 13.1 Å². The standard InChI is InChI=1S/C17H19F4N5O/c1-11-22-23-24-26(11)15(9-12-4-2-6-14(18)8-12)16(27)25-7-3-5-13(10-25)17(19,20)21/h2,4,6,8,13,15H,3,5,7,9-10H2,1H3. The van der Waals surface area contributed by atoms with Crippen molar-refractivity contribution in [1.82, 2.24) is 25.1 Å². The lowest BCUT2D eigenvalue weighted by molar-refractivity contribution is -0.188. The van der Waals surface area contributed by atoms with Crippen molar-refractivity contribution in [2.45, 2.75) is 38.4 Å². The van der Waals surface area contributed by atoms with Crippen LogP contribution >= 0.6 is 0 Å². The van der Waals surface area contributed by atoms with E-state index in [2.05, 4.69) is 15.5 Å². The molecule has 0 aliphatic carbocycles. The summed E-state index contributed by atoms with van der Waals surface area (Å²) in [6.45, 7) is 1.45. The molecule has 10 heteroatoms. The largest absolute Gasteiger partial charge is 0.393 e. The third-order valence-corrected chi connectivity index (χ3v) is 4.75. The molecule has 2 heterocycles. The minimum Gasteiger partial charge on any atom is -0.340 e. The average Bonchev–Trinajstić information content (AvgIpc) is 3.04. The Hall–Kier alpha value is -2.52. The Balaban J connectivity index is 1.86. The molecule has 0 N–H and O–H groups in total. The number of halogens is 4. The first kappa shape index (κ1) is 19.2. The van der Waals surface area contributed by atoms with Crippen molar-refractivity contribution in [2.24, 2.45) is 5.92 Å². The fraction of sp³-hybridized carbons (Fsp3) is 0.529. The molecule has 1 fully saturated rings. The summed E-state index contributed by atoms with van der Waals surface area (Å²) in [4.78, 5) is 14.3. The molecular weight excluding hydrogens is 366 g/mol. The summed E-state index contributed by atoms with van der Waals surface area (Å²) in [6.07, 6.45) is -3.99. The van der Waals surface area contributed by atoms with E-state index >= 15 is 0 Å². The van der Waals surface area contributed by atoms with Gasteiger partial charge in [-0.05, 0) is 47.9 Å². The predicted octanol–water partition coefficient (Wildman–Crippen LogP) is 2.71. The van der Waals surface area contributed by atoms with Gasteiger partial charge in [-0.25, -0.2) is 9.07 Å². The normalized spacial score (nSPS) is 19.1. The minimum absolute atomic E-state index is 0.00571. The Kier molecular flexibility index (Phi) is 5.43. The summed E-state index contributed by atoms with van der Waals surface area (Å²) in [5, 5.41) is 11.1. The zero-order valence-electron chi connectivity index (χ0n) is 14.7. The minimum atomic E-state index is -4.35. The maximum absolute atomic E-state index is 13.5. The van der Waals surface area contributed by atoms with Gasteiger partial charge in [0.2, 0.25) is 5.91 Å². The Morgan fingerprint density at radius 3 is 2.78 bits per heavy atom. The highest BCUT2D eigenvalue weighted by Gasteiger charge is 2.43. The smallest absolute Gasteiger partial charge is 0.340 e. The molecule has 0 spiro atoms. The third kappa shape index (κ3) is 4.42. The van der Waals surface area contributed by atoms with Crippen LogP contribution < -0.4 is 0 Å². The highest BCUT2D eigenvalue weighted by Crippen LogP contribution is 2.34. The van der Waals surface area contributed by atoms with Gasteiger partial charge in [0.25, 0.3) is 0 Å². The summed E-state index contributed by atoms with van der Waals surface area (Å²) < 4.78 is 54.1. The lowest BCUT2D eigenvalue weighted by atomic mass is 9.96. The van der Waals surface area contributed by atoms with Crippen molar-refractivity contribution in [3.8, 4) is 0 Å². The van der Waals surface area contributed by atoms with Gasteiger partial charge in [0, 0.05) is 19.5 Å². The molecular formula is C17H19F4N5O. The number of nitrogens with zero attached hydrogens (tertiary/aromatic N) is 5. The van der Waals surface area contributed by atoms with Crippen LogP contribution in [0.4, 0.5) is 17.6 Å². The van der Waals surface area contributed by atoms with Crippen LogP contribution in [0.25, 0.3) is 0 Å². The predicted molar refractivity (Wildman–Crippen MR) is 87.1 cm³/mol. The Labute approximate surface area is 153 Å². The number of tetrazole rings is 1. The summed E-state index contributed by atoms with van der Waals surface area (Å²) in [6, 6.07) is 4.79. The molecule has 1 amide bonds. The van der Waals surface area contributed by atoms with E-state index in [9.17, 15) is 22.4 Å². The molecule has 1 aliphatic rings. The SMILES string of the molecule is Cc1nnnn1C(Cc1cccc(F)c1)C(=O)N1CCCC(C(F)(F)F)C1. The molecule has 0 saturated carbocycles. The second kappa shape index (κ2) is 7.61. The van der Waals surface area contributed by atoms with Gasteiger partial charge in [0.1, 0.15) is 17.7 Å². The lowest BCUT2D eigenvalue weighted by Gasteiger charge is -2.35. The zero-order chi connectivity index (χ0) is 19.6. The number of likely N-dealkylation sites (tertiary alicyclic amines) is 1. The second-order valence-electron chi connectivity index (χ2n) is 6.69. The van der Waals surface area contributed by atoms with Crippen molar-refractivity contribution < 1.29 is 22.4 Å². The topological polar surface area (TPSA) is 63.9 Å². The second-order valence-corrected chi connectivity index (χ2v) is 6.69. The fourth-order valence-corrected chi connectivity index (χ4v) is 3.35. The molecule has 0 radical (unpaired) electrons. The van der Waals surface area contributed by atoms with E-state index in [4.69, 9.17) is 0 Å². The molecule has 1 aromatic heterocycles. The lowest BCUT2D eigenvalue weighted by Crippen LogP contribution is -2.47. The van der Waals surface area contributed by atoms with Crippen LogP contribution in [-0.2, 0) is 11.2 Å². The van der Waals surface area contributed by atoms with E-state index in [0.29, 0.717) is 11.4 Å². The van der Waals surface area contributed by atoms with Crippen molar-refractivity contribution >= 4 is 5.91 Å². The van der Waals surface area contributed by atoms with Gasteiger partial charge in [-0.2, -0.15) is 13.2 Å². The molecule has 27 heavy (non-hydrogen) atoms. The van der Waals surface area contributed by atoms with Crippen LogP contribution in [-0.4, -0.2) is 50.3 Å². The fourth-order valence-electron chi connectivity index (χ4n) is 3.35. The first-order valence-electron chi connectivity index (χ1n) is 8.60. The van der Waals surface area contributed by atoms with E-state index in [1.165, 1.54) is 27.8 Å². The number of carbonyl (C=O) groups is 1. The average molecular weight is 385 g/mol. The summed E-state index contributed by atoms with van der Waals surface area (Å²) >= 11 is 0. The van der Waals surface area contributed by atoms with Crippen LogP contribution in [0, 0.1) is 18.7 Å². The number of hydrogen-bond acceptors (Lipinski definition) is 4. The number of amides is 1. The van der Waals surface area contributed by atoms with E-state index in [0.717, 1.165) is 0 Å². The number of hydrogen-bond donors (Lipinski definition) is 0. The summed E-state index contributed by atoms with van der Waals surface area (Å²) in [5.74, 6) is -2.14. The van der Waals surface area contributed by atoms with Crippen LogP contribution in [0.15, 0.2) is 24.3 Å². The first-order valence-corrected chi connectivity index (χ1v) is 8.60. The molecule has 1 aromatic carbocycles. The number of alkyl halides is 3. The van der Waals surface area contributed by atoms with Gasteiger partial charge < -0.3 is 4.90 Å². The monoisotopic (exact) mass is 385 g/mol. The Morgan fingerprint density at radius 1 is 1.37 bits per heavy atom. The van der Waals surface area contributed by atoms with Crippen molar-refractivity contribution in [1.29, 1.82) is 0 Å². The van der Waals surface area contributed by atoms with E-state index in [1.807, 2.05) is 0 Å². The Morgan fingerprint density at radius 2 is 2.15 bits per heavy atom. The van der Waals surface area contributed by atoms with Gasteiger partial charge in [-0.3, -0.25) is 4.79 Å². The number of aryl methyl sites for hydroxylation is 1. The van der Waals surface area contributed by atoms with E-state index < -0.39 is 29.9 Å². The number of carbonyl (C=O) groups excluding carboxylic acids is 1. The number of piperidine rings is 1. The highest BCUT2D eigenvalue weighted by molar-refractivity contribution is 5.81. The van der Waals surface area contributed by atoms with Crippen LogP contribution in [0.1, 0.15) is 30.3 Å². The molecule has 146 valence electrons. The van der Waals surface area contributed by atoms with Gasteiger partial charge in [-0.1, -0.05) is 12.1 Å². The van der Waals surface area contributed by atoms with E-state index in [1.54, 1.807) is 13.0 Å². The van der Waals surface area contributed by atoms with Gasteiger partial charge in [0.15, 0.2) is 0 Å². The van der Waals surface area contributed by atoms with Crippen molar-refractivity contribution in [3.63, 3.8) is 0 Å². The van der Waals surface area contributed by atoms with E-state index in [-0.39, 0.29) is 32.4 Å². The number of benzene rings is 1. The van der Waals surface area contributed by atoms with Gasteiger partial charge in [-0.15, -0.1) is 5.10 Å². The quantitative estimate of drug-likeness (QED) is 0.760. The zero-order valence-corrected chi connectivity index (χ0v) is 14.7. The summed E-state index contributed by atoms with van der Waals surface area (Å²) in [7, 11) is 0. The van der Waals surface area contributed by atoms with Crippen molar-refractivity contribution in [3.05, 3.63) is 41.5 Å². The van der Waals surface area contributed by atoms with Gasteiger partial charge >= 0.3 is 6.18 Å². The Bertz CT molecular complexity index is 807. The number of rotatable bonds is 4. The maximum atomic E-state index is 13.5. The van der Waals surface area contributed by atoms with Gasteiger partial charge in [0.05, 0.1) is 5.92 Å². The van der Waals surface area contributed by atoms with Crippen LogP contribution in [0.3, 0.4) is 0 Å². The number of aromatic nitrogens is 4. The molecule has 2 unspecified atom stereocenters. The molecule has 3 rings (SSSR count). The molecule has 0 bridgehead atoms. The molecule has 6 nitrogen and oxygen atoms in total. The highest BCUT2D eigenvalue weighted by atomic mass is 19.4. The summed E-state index contributed by atoms with van der Waals surface area (Å²) in [5.41, 5.74) is 0.535. The van der Waals surface area contributed by atoms with Crippen LogP contribution in [0.5, 0.6) is 0 Å².